The zero-order chi connectivity index (χ0) is 9.98. The van der Waals surface area contributed by atoms with Crippen LogP contribution in [0.1, 0.15) is 60.3 Å². The summed E-state index contributed by atoms with van der Waals surface area (Å²) in [5.41, 5.74) is 1.17. The van der Waals surface area contributed by atoms with Crippen LogP contribution in [-0.4, -0.2) is 0 Å². The van der Waals surface area contributed by atoms with Gasteiger partial charge in [-0.25, -0.2) is 0 Å². The van der Waals surface area contributed by atoms with Gasteiger partial charge in [-0.05, 0) is 19.8 Å². The van der Waals surface area contributed by atoms with Gasteiger partial charge in [-0.15, -0.1) is 6.58 Å². The van der Waals surface area contributed by atoms with Crippen molar-refractivity contribution in [2.75, 3.05) is 0 Å². The molecule has 0 fully saturated rings. The first kappa shape index (κ1) is 14.3. The van der Waals surface area contributed by atoms with E-state index in [9.17, 15) is 0 Å². The SMILES string of the molecule is C=C(C)C.CCCCC(C)CC. The van der Waals surface area contributed by atoms with Crippen molar-refractivity contribution < 1.29 is 0 Å². The molecule has 0 rings (SSSR count). The first-order valence-corrected chi connectivity index (χ1v) is 5.16. The molecule has 0 saturated carbocycles. The van der Waals surface area contributed by atoms with Crippen molar-refractivity contribution in [3.8, 4) is 0 Å². The second-order valence-electron chi connectivity index (χ2n) is 3.86. The molecule has 74 valence electrons. The van der Waals surface area contributed by atoms with Crippen molar-refractivity contribution in [3.05, 3.63) is 12.2 Å². The Morgan fingerprint density at radius 1 is 1.25 bits per heavy atom. The van der Waals surface area contributed by atoms with Crippen LogP contribution in [0.2, 0.25) is 0 Å². The molecular formula is C12H26. The van der Waals surface area contributed by atoms with Crippen LogP contribution >= 0.6 is 0 Å². The zero-order valence-electron chi connectivity index (χ0n) is 9.61. The molecule has 0 spiro atoms. The van der Waals surface area contributed by atoms with Gasteiger partial charge in [0.25, 0.3) is 0 Å². The molecule has 0 aromatic heterocycles. The molecule has 0 aliphatic rings. The van der Waals surface area contributed by atoms with Gasteiger partial charge in [0.15, 0.2) is 0 Å². The summed E-state index contributed by atoms with van der Waals surface area (Å²) < 4.78 is 0. The summed E-state index contributed by atoms with van der Waals surface area (Å²) >= 11 is 0. The molecule has 1 unspecified atom stereocenters. The number of hydrogen-bond acceptors (Lipinski definition) is 0. The molecule has 0 saturated heterocycles. The average Bonchev–Trinajstić information content (AvgIpc) is 1.99. The summed E-state index contributed by atoms with van der Waals surface area (Å²) in [4.78, 5) is 0. The maximum atomic E-state index is 3.56. The lowest BCUT2D eigenvalue weighted by atomic mass is 10.0. The third-order valence-corrected chi connectivity index (χ3v) is 1.75. The molecule has 0 radical (unpaired) electrons. The van der Waals surface area contributed by atoms with Gasteiger partial charge in [0.05, 0.1) is 0 Å². The van der Waals surface area contributed by atoms with Crippen molar-refractivity contribution in [3.63, 3.8) is 0 Å². The molecule has 12 heavy (non-hydrogen) atoms. The summed E-state index contributed by atoms with van der Waals surface area (Å²) in [6, 6.07) is 0. The Labute approximate surface area is 79.1 Å². The third kappa shape index (κ3) is 22.6. The largest absolute Gasteiger partial charge is 0.100 e. The Balaban J connectivity index is 0. The molecule has 0 aromatic carbocycles. The van der Waals surface area contributed by atoms with E-state index in [1.807, 2.05) is 13.8 Å². The van der Waals surface area contributed by atoms with Gasteiger partial charge >= 0.3 is 0 Å². The Morgan fingerprint density at radius 2 is 1.67 bits per heavy atom. The zero-order valence-corrected chi connectivity index (χ0v) is 9.61. The van der Waals surface area contributed by atoms with Gasteiger partial charge in [0, 0.05) is 0 Å². The fraction of sp³-hybridized carbons (Fsp3) is 0.833. The van der Waals surface area contributed by atoms with E-state index in [2.05, 4.69) is 27.4 Å². The van der Waals surface area contributed by atoms with Crippen molar-refractivity contribution in [2.24, 2.45) is 5.92 Å². The highest BCUT2D eigenvalue weighted by atomic mass is 14.0. The quantitative estimate of drug-likeness (QED) is 0.531. The molecule has 0 amide bonds. The summed E-state index contributed by atoms with van der Waals surface area (Å²) in [5, 5.41) is 0. The monoisotopic (exact) mass is 170 g/mol. The van der Waals surface area contributed by atoms with Crippen LogP contribution in [0.4, 0.5) is 0 Å². The fourth-order valence-electron chi connectivity index (χ4n) is 0.757. The predicted octanol–water partition coefficient (Wildman–Crippen LogP) is 4.81. The van der Waals surface area contributed by atoms with Gasteiger partial charge in [-0.3, -0.25) is 0 Å². The van der Waals surface area contributed by atoms with Crippen LogP contribution in [0.3, 0.4) is 0 Å². The fourth-order valence-corrected chi connectivity index (χ4v) is 0.757. The van der Waals surface area contributed by atoms with Gasteiger partial charge in [-0.2, -0.15) is 0 Å². The Hall–Kier alpha value is -0.260. The lowest BCUT2D eigenvalue weighted by Gasteiger charge is -2.04. The maximum Gasteiger partial charge on any atom is -0.0445 e. The van der Waals surface area contributed by atoms with E-state index in [1.54, 1.807) is 0 Å². The minimum absolute atomic E-state index is 0.954. The Morgan fingerprint density at radius 3 is 1.92 bits per heavy atom. The van der Waals surface area contributed by atoms with E-state index in [4.69, 9.17) is 0 Å². The molecule has 0 bridgehead atoms. The standard InChI is InChI=1S/C8H18.C4H8/c1-4-6-7-8(3)5-2;1-4(2)3/h8H,4-7H2,1-3H3;1H2,2-3H3. The van der Waals surface area contributed by atoms with Gasteiger partial charge < -0.3 is 0 Å². The second kappa shape index (κ2) is 10.7. The van der Waals surface area contributed by atoms with E-state index in [0.29, 0.717) is 0 Å². The summed E-state index contributed by atoms with van der Waals surface area (Å²) in [6.45, 7) is 14.3. The summed E-state index contributed by atoms with van der Waals surface area (Å²) in [5.74, 6) is 0.954. The van der Waals surface area contributed by atoms with E-state index >= 15 is 0 Å². The number of hydrogen-bond donors (Lipinski definition) is 0. The van der Waals surface area contributed by atoms with Gasteiger partial charge in [0.2, 0.25) is 0 Å². The smallest absolute Gasteiger partial charge is 0.0445 e. The van der Waals surface area contributed by atoms with Crippen LogP contribution in [-0.2, 0) is 0 Å². The van der Waals surface area contributed by atoms with Crippen LogP contribution in [0.5, 0.6) is 0 Å². The van der Waals surface area contributed by atoms with Gasteiger partial charge in [0.1, 0.15) is 0 Å². The minimum Gasteiger partial charge on any atom is -0.100 e. The number of unbranched alkanes of at least 4 members (excludes halogenated alkanes) is 1. The second-order valence-corrected chi connectivity index (χ2v) is 3.86. The van der Waals surface area contributed by atoms with Crippen LogP contribution < -0.4 is 0 Å². The highest BCUT2D eigenvalue weighted by molar-refractivity contribution is 4.78. The van der Waals surface area contributed by atoms with Crippen LogP contribution in [0.15, 0.2) is 12.2 Å². The normalized spacial score (nSPS) is 11.4. The first-order chi connectivity index (χ1) is 5.54. The molecule has 1 atom stereocenters. The maximum absolute atomic E-state index is 3.56. The molecule has 0 N–H and O–H groups in total. The highest BCUT2D eigenvalue weighted by Crippen LogP contribution is 2.09. The molecular weight excluding hydrogens is 144 g/mol. The molecule has 0 aliphatic carbocycles. The molecule has 0 aromatic rings. The average molecular weight is 170 g/mol. The lowest BCUT2D eigenvalue weighted by molar-refractivity contribution is 0.492. The van der Waals surface area contributed by atoms with Crippen molar-refractivity contribution in [1.29, 1.82) is 0 Å². The first-order valence-electron chi connectivity index (χ1n) is 5.16. The molecule has 0 nitrogen and oxygen atoms in total. The third-order valence-electron chi connectivity index (χ3n) is 1.75. The van der Waals surface area contributed by atoms with E-state index in [1.165, 1.54) is 31.3 Å². The van der Waals surface area contributed by atoms with E-state index < -0.39 is 0 Å². The van der Waals surface area contributed by atoms with Crippen LogP contribution in [0, 0.1) is 5.92 Å². The van der Waals surface area contributed by atoms with Gasteiger partial charge in [-0.1, -0.05) is 52.0 Å². The minimum atomic E-state index is 0.954. The molecule has 0 heterocycles. The van der Waals surface area contributed by atoms with E-state index in [0.717, 1.165) is 5.92 Å². The molecule has 0 aliphatic heterocycles. The molecule has 0 heteroatoms. The van der Waals surface area contributed by atoms with Crippen molar-refractivity contribution >= 4 is 0 Å². The predicted molar refractivity (Wildman–Crippen MR) is 59.5 cm³/mol. The summed E-state index contributed by atoms with van der Waals surface area (Å²) in [6.07, 6.45) is 5.53. The number of allylic oxidation sites excluding steroid dienone is 1. The van der Waals surface area contributed by atoms with Crippen molar-refractivity contribution in [2.45, 2.75) is 60.3 Å². The summed E-state index contributed by atoms with van der Waals surface area (Å²) in [7, 11) is 0. The Kier molecular flexibility index (Phi) is 12.8. The lowest BCUT2D eigenvalue weighted by Crippen LogP contribution is -1.89. The van der Waals surface area contributed by atoms with E-state index in [-0.39, 0.29) is 0 Å². The van der Waals surface area contributed by atoms with Crippen LogP contribution in [0.25, 0.3) is 0 Å². The van der Waals surface area contributed by atoms with Crippen molar-refractivity contribution in [1.82, 2.24) is 0 Å². The topological polar surface area (TPSA) is 0 Å². The highest BCUT2D eigenvalue weighted by Gasteiger charge is 1.94. The number of rotatable bonds is 4. The Bertz CT molecular complexity index is 88.2.